The number of piperidine rings is 1. The monoisotopic (exact) mass is 500 g/mol. The van der Waals surface area contributed by atoms with Gasteiger partial charge >= 0.3 is 0 Å². The van der Waals surface area contributed by atoms with Crippen molar-refractivity contribution in [2.75, 3.05) is 45.2 Å². The third-order valence-electron chi connectivity index (χ3n) is 5.60. The fourth-order valence-electron chi connectivity index (χ4n) is 4.19. The van der Waals surface area contributed by atoms with Gasteiger partial charge in [0, 0.05) is 31.9 Å². The molecule has 26 heavy (non-hydrogen) atoms. The second-order valence-corrected chi connectivity index (χ2v) is 9.93. The molecule has 0 amide bonds. The first-order valence-corrected chi connectivity index (χ1v) is 11.9. The highest BCUT2D eigenvalue weighted by Gasteiger charge is 2.38. The SMILES string of the molecule is CN=C(NCCCS(C)(=O)=O)NCC1(N2CCCCC2)CCCCC1.I. The van der Waals surface area contributed by atoms with Crippen molar-refractivity contribution in [1.82, 2.24) is 15.5 Å². The average molecular weight is 500 g/mol. The van der Waals surface area contributed by atoms with Gasteiger partial charge in [-0.2, -0.15) is 0 Å². The van der Waals surface area contributed by atoms with Crippen molar-refractivity contribution in [2.24, 2.45) is 4.99 Å². The Kier molecular flexibility index (Phi) is 10.8. The summed E-state index contributed by atoms with van der Waals surface area (Å²) in [6.07, 6.45) is 12.4. The molecule has 2 fully saturated rings. The molecule has 0 aromatic carbocycles. The van der Waals surface area contributed by atoms with Gasteiger partial charge in [0.05, 0.1) is 5.75 Å². The second-order valence-electron chi connectivity index (χ2n) is 7.67. The molecular weight excluding hydrogens is 463 g/mol. The first-order chi connectivity index (χ1) is 12.0. The molecule has 1 aliphatic carbocycles. The predicted octanol–water partition coefficient (Wildman–Crippen LogP) is 2.39. The Morgan fingerprint density at radius 3 is 2.23 bits per heavy atom. The van der Waals surface area contributed by atoms with E-state index in [9.17, 15) is 8.42 Å². The Morgan fingerprint density at radius 1 is 1.04 bits per heavy atom. The predicted molar refractivity (Wildman–Crippen MR) is 120 cm³/mol. The number of likely N-dealkylation sites (tertiary alicyclic amines) is 1. The van der Waals surface area contributed by atoms with Crippen LogP contribution in [-0.4, -0.2) is 70.1 Å². The lowest BCUT2D eigenvalue weighted by atomic mass is 9.79. The van der Waals surface area contributed by atoms with Gasteiger partial charge in [0.25, 0.3) is 0 Å². The summed E-state index contributed by atoms with van der Waals surface area (Å²) < 4.78 is 22.4. The zero-order valence-electron chi connectivity index (χ0n) is 16.4. The van der Waals surface area contributed by atoms with Crippen LogP contribution in [0.3, 0.4) is 0 Å². The van der Waals surface area contributed by atoms with Gasteiger partial charge in [0.2, 0.25) is 0 Å². The van der Waals surface area contributed by atoms with Gasteiger partial charge in [-0.05, 0) is 45.2 Å². The molecule has 0 aromatic rings. The lowest BCUT2D eigenvalue weighted by Crippen LogP contribution is -2.59. The van der Waals surface area contributed by atoms with Gasteiger partial charge in [0.15, 0.2) is 5.96 Å². The number of hydrogen-bond acceptors (Lipinski definition) is 4. The summed E-state index contributed by atoms with van der Waals surface area (Å²) in [6, 6.07) is 0. The van der Waals surface area contributed by atoms with Crippen LogP contribution in [0.4, 0.5) is 0 Å². The minimum Gasteiger partial charge on any atom is -0.356 e. The number of aliphatic imine (C=N–C) groups is 1. The normalized spacial score (nSPS) is 21.7. The van der Waals surface area contributed by atoms with E-state index in [0.29, 0.717) is 13.0 Å². The number of hydrogen-bond donors (Lipinski definition) is 2. The third-order valence-corrected chi connectivity index (χ3v) is 6.63. The van der Waals surface area contributed by atoms with E-state index in [0.717, 1.165) is 12.5 Å². The molecule has 1 saturated carbocycles. The Bertz CT molecular complexity index is 527. The van der Waals surface area contributed by atoms with E-state index < -0.39 is 9.84 Å². The summed E-state index contributed by atoms with van der Waals surface area (Å²) in [5.74, 6) is 1.00. The van der Waals surface area contributed by atoms with E-state index >= 15 is 0 Å². The van der Waals surface area contributed by atoms with Crippen molar-refractivity contribution in [2.45, 2.75) is 63.3 Å². The quantitative estimate of drug-likeness (QED) is 0.243. The van der Waals surface area contributed by atoms with Gasteiger partial charge in [-0.25, -0.2) is 8.42 Å². The fourth-order valence-corrected chi connectivity index (χ4v) is 4.86. The molecule has 0 spiro atoms. The van der Waals surface area contributed by atoms with Crippen LogP contribution in [0.15, 0.2) is 4.99 Å². The number of sulfone groups is 1. The van der Waals surface area contributed by atoms with E-state index in [1.54, 1.807) is 7.05 Å². The maximum atomic E-state index is 11.2. The molecule has 1 heterocycles. The molecule has 154 valence electrons. The fraction of sp³-hybridized carbons (Fsp3) is 0.944. The Morgan fingerprint density at radius 2 is 1.65 bits per heavy atom. The molecule has 8 heteroatoms. The number of nitrogens with zero attached hydrogens (tertiary/aromatic N) is 2. The van der Waals surface area contributed by atoms with Crippen LogP contribution < -0.4 is 10.6 Å². The van der Waals surface area contributed by atoms with E-state index in [1.165, 1.54) is 70.7 Å². The maximum absolute atomic E-state index is 11.2. The maximum Gasteiger partial charge on any atom is 0.191 e. The van der Waals surface area contributed by atoms with Crippen molar-refractivity contribution < 1.29 is 8.42 Å². The average Bonchev–Trinajstić information content (AvgIpc) is 2.62. The molecule has 0 unspecified atom stereocenters. The summed E-state index contributed by atoms with van der Waals surface area (Å²) >= 11 is 0. The van der Waals surface area contributed by atoms with Crippen molar-refractivity contribution in [3.63, 3.8) is 0 Å². The lowest BCUT2D eigenvalue weighted by Gasteiger charge is -2.48. The van der Waals surface area contributed by atoms with E-state index in [1.807, 2.05) is 0 Å². The lowest BCUT2D eigenvalue weighted by molar-refractivity contribution is 0.0368. The minimum absolute atomic E-state index is 0. The van der Waals surface area contributed by atoms with Gasteiger partial charge < -0.3 is 10.6 Å². The van der Waals surface area contributed by atoms with E-state index in [-0.39, 0.29) is 35.3 Å². The standard InChI is InChI=1S/C18H36N4O2S.HI/c1-19-17(20-12-9-15-25(2,23)24)21-16-18(10-5-3-6-11-18)22-13-7-4-8-14-22;/h3-16H2,1-2H3,(H2,19,20,21);1H. The third kappa shape index (κ3) is 7.88. The van der Waals surface area contributed by atoms with Crippen molar-refractivity contribution in [3.8, 4) is 0 Å². The summed E-state index contributed by atoms with van der Waals surface area (Å²) in [5.41, 5.74) is 0.267. The molecule has 6 nitrogen and oxygen atoms in total. The minimum atomic E-state index is -2.89. The van der Waals surface area contributed by atoms with Crippen LogP contribution in [0.2, 0.25) is 0 Å². The van der Waals surface area contributed by atoms with Crippen LogP contribution in [0.25, 0.3) is 0 Å². The zero-order chi connectivity index (χ0) is 18.2. The van der Waals surface area contributed by atoms with E-state index in [2.05, 4.69) is 20.5 Å². The molecule has 0 bridgehead atoms. The van der Waals surface area contributed by atoms with Gasteiger partial charge in [-0.1, -0.05) is 25.7 Å². The number of guanidine groups is 1. The van der Waals surface area contributed by atoms with Gasteiger partial charge in [-0.3, -0.25) is 9.89 Å². The van der Waals surface area contributed by atoms with E-state index in [4.69, 9.17) is 0 Å². The van der Waals surface area contributed by atoms with Crippen LogP contribution in [0, 0.1) is 0 Å². The molecule has 0 radical (unpaired) electrons. The van der Waals surface area contributed by atoms with Crippen LogP contribution in [0.5, 0.6) is 0 Å². The zero-order valence-corrected chi connectivity index (χ0v) is 19.6. The summed E-state index contributed by atoms with van der Waals surface area (Å²) in [6.45, 7) is 4.01. The highest BCUT2D eigenvalue weighted by molar-refractivity contribution is 14.0. The largest absolute Gasteiger partial charge is 0.356 e. The highest BCUT2D eigenvalue weighted by atomic mass is 127. The molecule has 0 atom stereocenters. The smallest absolute Gasteiger partial charge is 0.191 e. The molecule has 2 rings (SSSR count). The topological polar surface area (TPSA) is 73.8 Å². The molecule has 1 aliphatic heterocycles. The van der Waals surface area contributed by atoms with Gasteiger partial charge in [-0.15, -0.1) is 24.0 Å². The summed E-state index contributed by atoms with van der Waals surface area (Å²) in [4.78, 5) is 7.03. The molecular formula is C18H37IN4O2S. The number of nitrogens with one attached hydrogen (secondary N) is 2. The first kappa shape index (κ1) is 23.9. The Labute approximate surface area is 176 Å². The molecule has 2 aliphatic rings. The summed E-state index contributed by atoms with van der Waals surface area (Å²) in [7, 11) is -1.11. The van der Waals surface area contributed by atoms with Crippen LogP contribution >= 0.6 is 24.0 Å². The van der Waals surface area contributed by atoms with Crippen LogP contribution in [0.1, 0.15) is 57.8 Å². The Hall–Kier alpha value is -0.0900. The highest BCUT2D eigenvalue weighted by Crippen LogP contribution is 2.35. The van der Waals surface area contributed by atoms with Crippen molar-refractivity contribution >= 4 is 39.8 Å². The van der Waals surface area contributed by atoms with Crippen molar-refractivity contribution in [1.29, 1.82) is 0 Å². The number of rotatable bonds is 7. The second kappa shape index (κ2) is 11.7. The van der Waals surface area contributed by atoms with Crippen LogP contribution in [-0.2, 0) is 9.84 Å². The van der Waals surface area contributed by atoms with Gasteiger partial charge in [0.1, 0.15) is 9.84 Å². The Balaban J connectivity index is 0.00000338. The molecule has 0 aromatic heterocycles. The molecule has 2 N–H and O–H groups in total. The molecule has 1 saturated heterocycles. The number of halogens is 1. The summed E-state index contributed by atoms with van der Waals surface area (Å²) in [5, 5.41) is 6.78. The first-order valence-electron chi connectivity index (χ1n) is 9.82. The van der Waals surface area contributed by atoms with Crippen molar-refractivity contribution in [3.05, 3.63) is 0 Å².